The van der Waals surface area contributed by atoms with E-state index < -0.39 is 0 Å². The van der Waals surface area contributed by atoms with E-state index in [0.717, 1.165) is 11.1 Å². The van der Waals surface area contributed by atoms with Crippen molar-refractivity contribution < 1.29 is 19.1 Å². The number of benzene rings is 4. The molecule has 3 nitrogen and oxygen atoms in total. The van der Waals surface area contributed by atoms with Gasteiger partial charge in [-0.2, -0.15) is 0 Å². The molecule has 0 aliphatic heterocycles. The van der Waals surface area contributed by atoms with E-state index in [4.69, 9.17) is 0 Å². The molecule has 0 atom stereocenters. The summed E-state index contributed by atoms with van der Waals surface area (Å²) in [5.41, 5.74) is 3.83. The van der Waals surface area contributed by atoms with Crippen molar-refractivity contribution in [3.63, 3.8) is 0 Å². The van der Waals surface area contributed by atoms with Gasteiger partial charge in [0.25, 0.3) is 0 Å². The number of ketones is 2. The van der Waals surface area contributed by atoms with Gasteiger partial charge in [0, 0.05) is 22.3 Å². The van der Waals surface area contributed by atoms with Gasteiger partial charge < -0.3 is 5.11 Å². The van der Waals surface area contributed by atoms with E-state index in [2.05, 4.69) is 0 Å². The van der Waals surface area contributed by atoms with Crippen LogP contribution in [-0.4, -0.2) is 16.7 Å². The van der Waals surface area contributed by atoms with Crippen LogP contribution >= 0.6 is 0 Å². The number of phenolic OH excluding ortho intramolecular Hbond substituents is 1. The maximum absolute atomic E-state index is 13.0. The second-order valence-electron chi connectivity index (χ2n) is 6.87. The highest BCUT2D eigenvalue weighted by atomic mass is 19.1. The summed E-state index contributed by atoms with van der Waals surface area (Å²) in [4.78, 5) is 25.0. The molecule has 4 aromatic rings. The molecule has 0 saturated heterocycles. The van der Waals surface area contributed by atoms with Crippen molar-refractivity contribution in [3.05, 3.63) is 125 Å². The summed E-state index contributed by atoms with van der Waals surface area (Å²) >= 11 is 0. The fourth-order valence-corrected chi connectivity index (χ4v) is 3.18. The molecular formula is C26H17FO3. The monoisotopic (exact) mass is 396 g/mol. The molecule has 4 rings (SSSR count). The van der Waals surface area contributed by atoms with Crippen LogP contribution < -0.4 is 0 Å². The van der Waals surface area contributed by atoms with Crippen LogP contribution in [0.5, 0.6) is 5.75 Å². The molecule has 0 amide bonds. The molecule has 146 valence electrons. The average molecular weight is 396 g/mol. The minimum atomic E-state index is -0.380. The maximum Gasteiger partial charge on any atom is 0.193 e. The third-order valence-corrected chi connectivity index (χ3v) is 4.86. The number of carbonyl (C=O) groups is 2. The zero-order valence-electron chi connectivity index (χ0n) is 15.9. The molecule has 4 heteroatoms. The first-order chi connectivity index (χ1) is 14.5. The van der Waals surface area contributed by atoms with Crippen LogP contribution in [0.3, 0.4) is 0 Å². The first-order valence-electron chi connectivity index (χ1n) is 9.36. The molecule has 0 radical (unpaired) electrons. The Kier molecular flexibility index (Phi) is 5.22. The molecule has 0 aliphatic carbocycles. The van der Waals surface area contributed by atoms with Crippen LogP contribution in [0.15, 0.2) is 97.1 Å². The molecule has 0 fully saturated rings. The number of carbonyl (C=O) groups excluding carboxylic acids is 2. The Labute approximate surface area is 173 Å². The van der Waals surface area contributed by atoms with Crippen LogP contribution in [0.2, 0.25) is 0 Å². The Morgan fingerprint density at radius 2 is 0.800 bits per heavy atom. The van der Waals surface area contributed by atoms with Crippen molar-refractivity contribution in [1.82, 2.24) is 0 Å². The zero-order chi connectivity index (χ0) is 21.1. The number of rotatable bonds is 5. The Bertz CT molecular complexity index is 1090. The summed E-state index contributed by atoms with van der Waals surface area (Å²) in [6, 6.07) is 26.0. The standard InChI is InChI=1S/C26H17FO3/c27-23-13-9-21(10-14-23)25(29)19-5-1-17(2-6-19)18-3-7-20(8-4-18)26(30)22-11-15-24(28)16-12-22/h1-16,28H. The SMILES string of the molecule is O=C(c1ccc(O)cc1)c1ccc(-c2ccc(C(=O)c3ccc(F)cc3)cc2)cc1. The van der Waals surface area contributed by atoms with Gasteiger partial charge in [-0.3, -0.25) is 9.59 Å². The third-order valence-electron chi connectivity index (χ3n) is 4.86. The molecule has 0 heterocycles. The Balaban J connectivity index is 1.52. The van der Waals surface area contributed by atoms with Crippen LogP contribution in [0.1, 0.15) is 31.8 Å². The molecule has 0 aromatic heterocycles. The Morgan fingerprint density at radius 1 is 0.500 bits per heavy atom. The van der Waals surface area contributed by atoms with Gasteiger partial charge in [0.1, 0.15) is 11.6 Å². The van der Waals surface area contributed by atoms with Gasteiger partial charge in [0.15, 0.2) is 11.6 Å². The van der Waals surface area contributed by atoms with Gasteiger partial charge in [0.2, 0.25) is 0 Å². The van der Waals surface area contributed by atoms with E-state index >= 15 is 0 Å². The summed E-state index contributed by atoms with van der Waals surface area (Å²) < 4.78 is 13.0. The topological polar surface area (TPSA) is 54.4 Å². The van der Waals surface area contributed by atoms with E-state index in [1.165, 1.54) is 36.4 Å². The summed E-state index contributed by atoms with van der Waals surface area (Å²) in [6.07, 6.45) is 0. The third kappa shape index (κ3) is 4.03. The lowest BCUT2D eigenvalue weighted by Gasteiger charge is -2.06. The fraction of sp³-hybridized carbons (Fsp3) is 0. The van der Waals surface area contributed by atoms with Gasteiger partial charge in [-0.15, -0.1) is 0 Å². The van der Waals surface area contributed by atoms with Gasteiger partial charge in [-0.1, -0.05) is 48.5 Å². The maximum atomic E-state index is 13.0. The highest BCUT2D eigenvalue weighted by Crippen LogP contribution is 2.23. The molecule has 4 aromatic carbocycles. The molecule has 0 unspecified atom stereocenters. The van der Waals surface area contributed by atoms with Crippen molar-refractivity contribution >= 4 is 11.6 Å². The predicted molar refractivity (Wildman–Crippen MR) is 113 cm³/mol. The first-order valence-corrected chi connectivity index (χ1v) is 9.36. The van der Waals surface area contributed by atoms with Gasteiger partial charge in [0.05, 0.1) is 0 Å². The van der Waals surface area contributed by atoms with E-state index in [1.54, 1.807) is 36.4 Å². The molecule has 0 bridgehead atoms. The van der Waals surface area contributed by atoms with Crippen LogP contribution in [0.25, 0.3) is 11.1 Å². The summed E-state index contributed by atoms with van der Waals surface area (Å²) in [7, 11) is 0. The Hall–Kier alpha value is -4.05. The molecule has 0 spiro atoms. The smallest absolute Gasteiger partial charge is 0.193 e. The fourth-order valence-electron chi connectivity index (χ4n) is 3.18. The largest absolute Gasteiger partial charge is 0.508 e. The quantitative estimate of drug-likeness (QED) is 0.443. The van der Waals surface area contributed by atoms with Crippen molar-refractivity contribution in [2.24, 2.45) is 0 Å². The number of aromatic hydroxyl groups is 1. The number of hydrogen-bond acceptors (Lipinski definition) is 3. The second-order valence-corrected chi connectivity index (χ2v) is 6.87. The van der Waals surface area contributed by atoms with Gasteiger partial charge in [-0.25, -0.2) is 4.39 Å². The number of phenols is 1. The van der Waals surface area contributed by atoms with Crippen molar-refractivity contribution in [1.29, 1.82) is 0 Å². The number of halogens is 1. The normalized spacial score (nSPS) is 10.6. The zero-order valence-corrected chi connectivity index (χ0v) is 15.9. The first kappa shape index (κ1) is 19.3. The average Bonchev–Trinajstić information content (AvgIpc) is 2.79. The predicted octanol–water partition coefficient (Wildman–Crippen LogP) is 5.66. The highest BCUT2D eigenvalue weighted by molar-refractivity contribution is 6.10. The molecule has 0 aliphatic rings. The molecule has 1 N–H and O–H groups in total. The lowest BCUT2D eigenvalue weighted by Crippen LogP contribution is -2.01. The minimum absolute atomic E-state index is 0.114. The summed E-state index contributed by atoms with van der Waals surface area (Å²) in [6.45, 7) is 0. The second kappa shape index (κ2) is 8.13. The van der Waals surface area contributed by atoms with Crippen LogP contribution in [0.4, 0.5) is 4.39 Å². The van der Waals surface area contributed by atoms with E-state index in [0.29, 0.717) is 22.3 Å². The van der Waals surface area contributed by atoms with E-state index in [9.17, 15) is 19.1 Å². The lowest BCUT2D eigenvalue weighted by atomic mass is 9.97. The molecule has 30 heavy (non-hydrogen) atoms. The van der Waals surface area contributed by atoms with Gasteiger partial charge >= 0.3 is 0 Å². The van der Waals surface area contributed by atoms with Gasteiger partial charge in [-0.05, 0) is 59.7 Å². The highest BCUT2D eigenvalue weighted by Gasteiger charge is 2.11. The van der Waals surface area contributed by atoms with E-state index in [1.807, 2.05) is 24.3 Å². The van der Waals surface area contributed by atoms with Crippen molar-refractivity contribution in [2.45, 2.75) is 0 Å². The lowest BCUT2D eigenvalue weighted by molar-refractivity contribution is 0.103. The summed E-state index contributed by atoms with van der Waals surface area (Å²) in [5.74, 6) is -0.560. The Morgan fingerprint density at radius 3 is 1.17 bits per heavy atom. The molecular weight excluding hydrogens is 379 g/mol. The summed E-state index contributed by atoms with van der Waals surface area (Å²) in [5, 5.41) is 9.35. The number of hydrogen-bond donors (Lipinski definition) is 1. The van der Waals surface area contributed by atoms with Crippen molar-refractivity contribution in [2.75, 3.05) is 0 Å². The van der Waals surface area contributed by atoms with Crippen molar-refractivity contribution in [3.8, 4) is 16.9 Å². The molecule has 0 saturated carbocycles. The minimum Gasteiger partial charge on any atom is -0.508 e. The van der Waals surface area contributed by atoms with Crippen LogP contribution in [-0.2, 0) is 0 Å². The van der Waals surface area contributed by atoms with Crippen LogP contribution in [0, 0.1) is 5.82 Å². The van der Waals surface area contributed by atoms with E-state index in [-0.39, 0.29) is 23.1 Å².